The molecule has 1 aromatic heterocycles. The van der Waals surface area contributed by atoms with Crippen LogP contribution in [0.1, 0.15) is 0 Å². The van der Waals surface area contributed by atoms with Crippen LogP contribution in [0.25, 0.3) is 12.2 Å². The van der Waals surface area contributed by atoms with E-state index in [0.717, 1.165) is 5.22 Å². The van der Waals surface area contributed by atoms with E-state index in [9.17, 15) is 4.79 Å². The molecule has 1 aliphatic carbocycles. The summed E-state index contributed by atoms with van der Waals surface area (Å²) in [4.78, 5) is 10.9. The number of hydrogen-bond donors (Lipinski definition) is 0. The first kappa shape index (κ1) is 7.80. The minimum atomic E-state index is -0.318. The van der Waals surface area contributed by atoms with Crippen molar-refractivity contribution in [2.75, 3.05) is 0 Å². The van der Waals surface area contributed by atoms with Gasteiger partial charge in [-0.05, 0) is 12.1 Å². The molecule has 0 radical (unpaired) electrons. The van der Waals surface area contributed by atoms with E-state index in [2.05, 4.69) is 0 Å². The van der Waals surface area contributed by atoms with Gasteiger partial charge in [-0.2, -0.15) is 0 Å². The van der Waals surface area contributed by atoms with Crippen LogP contribution in [-0.4, -0.2) is 0 Å². The molecule has 1 heterocycles. The van der Waals surface area contributed by atoms with E-state index in [4.69, 9.17) is 4.42 Å². The normalized spacial score (nSPS) is 23.7. The van der Waals surface area contributed by atoms with Gasteiger partial charge in [-0.3, -0.25) is 0 Å². The predicted molar refractivity (Wildman–Crippen MR) is 51.4 cm³/mol. The maximum atomic E-state index is 10.9. The second-order valence-electron chi connectivity index (χ2n) is 2.68. The molecule has 0 bridgehead atoms. The fourth-order valence-corrected chi connectivity index (χ4v) is 1.14. The summed E-state index contributed by atoms with van der Waals surface area (Å²) in [6.45, 7) is 0. The fourth-order valence-electron chi connectivity index (χ4n) is 1.14. The molecule has 0 unspecified atom stereocenters. The summed E-state index contributed by atoms with van der Waals surface area (Å²) in [7, 11) is 0. The van der Waals surface area contributed by atoms with Crippen molar-refractivity contribution in [1.82, 2.24) is 0 Å². The number of hydrogen-bond acceptors (Lipinski definition) is 2. The predicted octanol–water partition coefficient (Wildman–Crippen LogP) is 0.327. The van der Waals surface area contributed by atoms with Gasteiger partial charge in [-0.15, -0.1) is 0 Å². The molecule has 0 atom stereocenters. The van der Waals surface area contributed by atoms with Gasteiger partial charge in [0, 0.05) is 11.3 Å². The van der Waals surface area contributed by atoms with Gasteiger partial charge in [0.25, 0.3) is 0 Å². The third-order valence-electron chi connectivity index (χ3n) is 1.75. The summed E-state index contributed by atoms with van der Waals surface area (Å²) >= 11 is 0. The molecule has 0 N–H and O–H groups in total. The van der Waals surface area contributed by atoms with E-state index in [0.29, 0.717) is 5.42 Å². The molecule has 0 amide bonds. The molecule has 1 aliphatic rings. The first-order valence-electron chi connectivity index (χ1n) is 4.02. The molecular formula is C11H8O2. The Morgan fingerprint density at radius 3 is 2.54 bits per heavy atom. The summed E-state index contributed by atoms with van der Waals surface area (Å²) in [6, 6.07) is 3.17. The van der Waals surface area contributed by atoms with Crippen molar-refractivity contribution in [3.63, 3.8) is 0 Å². The molecule has 2 heteroatoms. The lowest BCUT2D eigenvalue weighted by atomic mass is 10.2. The maximum Gasteiger partial charge on any atom is 0.336 e. The van der Waals surface area contributed by atoms with E-state index in [1.165, 1.54) is 6.07 Å². The average molecular weight is 172 g/mol. The second-order valence-corrected chi connectivity index (χ2v) is 2.68. The smallest absolute Gasteiger partial charge is 0.336 e. The Balaban J connectivity index is 2.87. The van der Waals surface area contributed by atoms with E-state index in [-0.39, 0.29) is 5.63 Å². The second kappa shape index (κ2) is 3.27. The molecule has 13 heavy (non-hydrogen) atoms. The number of rotatable bonds is 0. The molecule has 2 rings (SSSR count). The summed E-state index contributed by atoms with van der Waals surface area (Å²) in [5.41, 5.74) is 0.287. The number of fused-ring (bicyclic) bond motifs is 1. The zero-order chi connectivity index (χ0) is 9.10. The van der Waals surface area contributed by atoms with Crippen LogP contribution in [0.15, 0.2) is 45.6 Å². The molecule has 0 aliphatic heterocycles. The van der Waals surface area contributed by atoms with Crippen LogP contribution in [0.5, 0.6) is 0 Å². The lowest BCUT2D eigenvalue weighted by Crippen LogP contribution is -2.27. The van der Waals surface area contributed by atoms with E-state index >= 15 is 0 Å². The minimum absolute atomic E-state index is 0.318. The zero-order valence-electron chi connectivity index (χ0n) is 6.94. The summed E-state index contributed by atoms with van der Waals surface area (Å²) in [6.07, 6.45) is 11.2. The average Bonchev–Trinajstić information content (AvgIpc) is 2.08. The number of allylic oxidation sites excluding steroid dienone is 4. The topological polar surface area (TPSA) is 30.2 Å². The summed E-state index contributed by atoms with van der Waals surface area (Å²) in [5, 5.41) is 0.917. The van der Waals surface area contributed by atoms with Crippen LogP contribution in [0.2, 0.25) is 0 Å². The lowest BCUT2D eigenvalue weighted by molar-refractivity contribution is 0.474. The lowest BCUT2D eigenvalue weighted by Gasteiger charge is -1.88. The Kier molecular flexibility index (Phi) is 1.96. The first-order chi connectivity index (χ1) is 6.36. The zero-order valence-corrected chi connectivity index (χ0v) is 6.94. The van der Waals surface area contributed by atoms with Crippen molar-refractivity contribution in [2.45, 2.75) is 0 Å². The monoisotopic (exact) mass is 172 g/mol. The van der Waals surface area contributed by atoms with E-state index in [1.54, 1.807) is 12.1 Å². The van der Waals surface area contributed by atoms with E-state index in [1.807, 2.05) is 30.4 Å². The van der Waals surface area contributed by atoms with Gasteiger partial charge in [0.1, 0.15) is 5.42 Å². The minimum Gasteiger partial charge on any atom is -0.423 e. The summed E-state index contributed by atoms with van der Waals surface area (Å²) < 4.78 is 5.01. The van der Waals surface area contributed by atoms with Gasteiger partial charge in [0.2, 0.25) is 0 Å². The van der Waals surface area contributed by atoms with E-state index < -0.39 is 0 Å². The van der Waals surface area contributed by atoms with Crippen LogP contribution in [0.4, 0.5) is 0 Å². The summed E-state index contributed by atoms with van der Waals surface area (Å²) in [5.74, 6) is 0. The van der Waals surface area contributed by atoms with Crippen molar-refractivity contribution >= 4 is 12.2 Å². The van der Waals surface area contributed by atoms with Crippen LogP contribution in [0, 0.1) is 0 Å². The Morgan fingerprint density at radius 2 is 1.69 bits per heavy atom. The van der Waals surface area contributed by atoms with Crippen molar-refractivity contribution in [3.05, 3.63) is 57.5 Å². The van der Waals surface area contributed by atoms with Gasteiger partial charge in [0.15, 0.2) is 0 Å². The Morgan fingerprint density at radius 1 is 0.923 bits per heavy atom. The SMILES string of the molecule is O=c1ccc2/c(o1)=C\C=C/C=C\C=2. The molecule has 64 valence electrons. The highest BCUT2D eigenvalue weighted by Gasteiger charge is 1.88. The quantitative estimate of drug-likeness (QED) is 0.564. The standard InChI is InChI=1S/C11H8O2/c12-11-8-7-9-5-3-1-2-4-6-10(9)13-11/h1-8H/b2-1?,3-1-,4-2-,5-3?,6-4?,9-5-,10-6+. The third kappa shape index (κ3) is 1.67. The molecule has 0 spiro atoms. The van der Waals surface area contributed by atoms with Crippen LogP contribution in [-0.2, 0) is 0 Å². The maximum absolute atomic E-state index is 10.9. The van der Waals surface area contributed by atoms with Crippen LogP contribution >= 0.6 is 0 Å². The molecule has 1 aromatic rings. The van der Waals surface area contributed by atoms with Crippen LogP contribution < -0.4 is 16.3 Å². The van der Waals surface area contributed by atoms with Gasteiger partial charge >= 0.3 is 5.63 Å². The van der Waals surface area contributed by atoms with Gasteiger partial charge < -0.3 is 4.42 Å². The molecule has 0 fully saturated rings. The fraction of sp³-hybridized carbons (Fsp3) is 0. The first-order valence-corrected chi connectivity index (χ1v) is 4.02. The Bertz CT molecular complexity index is 530. The van der Waals surface area contributed by atoms with Crippen molar-refractivity contribution in [2.24, 2.45) is 0 Å². The van der Waals surface area contributed by atoms with Gasteiger partial charge in [0.05, 0.1) is 0 Å². The highest BCUT2D eigenvalue weighted by Crippen LogP contribution is 1.82. The molecule has 0 aromatic carbocycles. The van der Waals surface area contributed by atoms with Crippen LogP contribution in [0.3, 0.4) is 0 Å². The largest absolute Gasteiger partial charge is 0.423 e. The van der Waals surface area contributed by atoms with Gasteiger partial charge in [-0.25, -0.2) is 4.79 Å². The Labute approximate surface area is 74.8 Å². The van der Waals surface area contributed by atoms with Crippen molar-refractivity contribution in [3.8, 4) is 0 Å². The molecular weight excluding hydrogens is 164 g/mol. The van der Waals surface area contributed by atoms with Crippen molar-refractivity contribution < 1.29 is 4.42 Å². The van der Waals surface area contributed by atoms with Crippen molar-refractivity contribution in [1.29, 1.82) is 0 Å². The third-order valence-corrected chi connectivity index (χ3v) is 1.75. The molecule has 0 saturated heterocycles. The molecule has 2 nitrogen and oxygen atoms in total. The highest BCUT2D eigenvalue weighted by molar-refractivity contribution is 5.45. The molecule has 0 saturated carbocycles. The van der Waals surface area contributed by atoms with Gasteiger partial charge in [-0.1, -0.05) is 30.4 Å². The highest BCUT2D eigenvalue weighted by atomic mass is 16.4. The Hall–Kier alpha value is -1.83.